The van der Waals surface area contributed by atoms with E-state index >= 15 is 0 Å². The number of hydrogen-bond donors (Lipinski definition) is 0. The summed E-state index contributed by atoms with van der Waals surface area (Å²) in [7, 11) is 0. The van der Waals surface area contributed by atoms with Gasteiger partial charge in [0.05, 0.1) is 0 Å². The Bertz CT molecular complexity index is 310. The lowest BCUT2D eigenvalue weighted by atomic mass is 9.80. The summed E-state index contributed by atoms with van der Waals surface area (Å²) >= 11 is 0. The number of amides is 1. The maximum atomic E-state index is 12.1. The Morgan fingerprint density at radius 2 is 1.94 bits per heavy atom. The minimum Gasteiger partial charge on any atom is -0.341 e. The van der Waals surface area contributed by atoms with E-state index in [0.29, 0.717) is 11.9 Å². The zero-order valence-electron chi connectivity index (χ0n) is 11.6. The number of hydrogen-bond acceptors (Lipinski definition) is 2. The van der Waals surface area contributed by atoms with Crippen LogP contribution >= 0.6 is 0 Å². The lowest BCUT2D eigenvalue weighted by Gasteiger charge is -2.38. The Kier molecular flexibility index (Phi) is 3.60. The molecular formula is C15H26N2O. The van der Waals surface area contributed by atoms with Crippen molar-refractivity contribution in [3.63, 3.8) is 0 Å². The summed E-state index contributed by atoms with van der Waals surface area (Å²) in [5, 5.41) is 0. The molecule has 3 fully saturated rings. The number of carbonyl (C=O) groups is 1. The van der Waals surface area contributed by atoms with Gasteiger partial charge in [-0.25, -0.2) is 0 Å². The third kappa shape index (κ3) is 2.71. The van der Waals surface area contributed by atoms with E-state index in [9.17, 15) is 4.79 Å². The lowest BCUT2D eigenvalue weighted by Crippen LogP contribution is -2.43. The number of rotatable bonds is 4. The minimum absolute atomic E-state index is 0.394. The van der Waals surface area contributed by atoms with Crippen molar-refractivity contribution in [2.45, 2.75) is 51.5 Å². The molecule has 1 aliphatic heterocycles. The lowest BCUT2D eigenvalue weighted by molar-refractivity contribution is -0.130. The van der Waals surface area contributed by atoms with Gasteiger partial charge in [-0.15, -0.1) is 0 Å². The highest BCUT2D eigenvalue weighted by molar-refractivity contribution is 5.76. The van der Waals surface area contributed by atoms with Crippen LogP contribution in [0.15, 0.2) is 0 Å². The first kappa shape index (κ1) is 12.5. The van der Waals surface area contributed by atoms with E-state index in [1.807, 2.05) is 0 Å². The second-order valence-corrected chi connectivity index (χ2v) is 6.50. The first-order chi connectivity index (χ1) is 8.74. The molecule has 3 heteroatoms. The molecule has 1 amide bonds. The predicted molar refractivity (Wildman–Crippen MR) is 72.3 cm³/mol. The van der Waals surface area contributed by atoms with Gasteiger partial charge in [-0.1, -0.05) is 6.42 Å². The highest BCUT2D eigenvalue weighted by Gasteiger charge is 2.32. The molecule has 1 unspecified atom stereocenters. The second kappa shape index (κ2) is 5.20. The molecule has 2 saturated carbocycles. The van der Waals surface area contributed by atoms with Crippen molar-refractivity contribution < 1.29 is 4.79 Å². The van der Waals surface area contributed by atoms with Gasteiger partial charge in [0.25, 0.3) is 0 Å². The third-order valence-corrected chi connectivity index (χ3v) is 5.21. The van der Waals surface area contributed by atoms with E-state index in [0.717, 1.165) is 44.4 Å². The van der Waals surface area contributed by atoms with Crippen molar-refractivity contribution in [3.05, 3.63) is 0 Å². The quantitative estimate of drug-likeness (QED) is 0.763. The van der Waals surface area contributed by atoms with Crippen molar-refractivity contribution in [3.8, 4) is 0 Å². The van der Waals surface area contributed by atoms with E-state index in [1.165, 1.54) is 32.1 Å². The SMILES string of the molecule is CC(C1CCC1)N1CCC(=O)N(CC2CC2)CC1. The standard InChI is InChI=1S/C15H26N2O/c1-12(14-3-2-4-14)16-8-7-15(18)17(10-9-16)11-13-5-6-13/h12-14H,2-11H2,1H3. The van der Waals surface area contributed by atoms with Crippen molar-refractivity contribution >= 4 is 5.91 Å². The molecule has 0 aromatic carbocycles. The summed E-state index contributed by atoms with van der Waals surface area (Å²) in [5.74, 6) is 2.12. The Morgan fingerprint density at radius 1 is 1.17 bits per heavy atom. The Labute approximate surface area is 111 Å². The van der Waals surface area contributed by atoms with Gasteiger partial charge >= 0.3 is 0 Å². The van der Waals surface area contributed by atoms with Crippen LogP contribution in [-0.2, 0) is 4.79 Å². The average Bonchev–Trinajstić information content (AvgIpc) is 3.08. The van der Waals surface area contributed by atoms with Gasteiger partial charge in [0.2, 0.25) is 5.91 Å². The van der Waals surface area contributed by atoms with Crippen LogP contribution in [0, 0.1) is 11.8 Å². The van der Waals surface area contributed by atoms with Crippen molar-refractivity contribution in [1.29, 1.82) is 0 Å². The molecule has 1 atom stereocenters. The van der Waals surface area contributed by atoms with Gasteiger partial charge in [-0.2, -0.15) is 0 Å². The molecule has 0 bridgehead atoms. The second-order valence-electron chi connectivity index (χ2n) is 6.50. The van der Waals surface area contributed by atoms with Crippen LogP contribution in [0.25, 0.3) is 0 Å². The molecule has 2 aliphatic carbocycles. The first-order valence-corrected chi connectivity index (χ1v) is 7.76. The van der Waals surface area contributed by atoms with Crippen molar-refractivity contribution in [2.75, 3.05) is 26.2 Å². The molecule has 3 rings (SSSR count). The van der Waals surface area contributed by atoms with Crippen LogP contribution in [-0.4, -0.2) is 47.9 Å². The average molecular weight is 250 g/mol. The molecule has 0 aromatic heterocycles. The fraction of sp³-hybridized carbons (Fsp3) is 0.933. The first-order valence-electron chi connectivity index (χ1n) is 7.76. The molecule has 1 saturated heterocycles. The van der Waals surface area contributed by atoms with Gasteiger partial charge < -0.3 is 4.90 Å². The summed E-state index contributed by atoms with van der Waals surface area (Å²) < 4.78 is 0. The van der Waals surface area contributed by atoms with Crippen molar-refractivity contribution in [2.24, 2.45) is 11.8 Å². The highest BCUT2D eigenvalue weighted by Crippen LogP contribution is 2.33. The summed E-state index contributed by atoms with van der Waals surface area (Å²) in [6.07, 6.45) is 7.63. The monoisotopic (exact) mass is 250 g/mol. The van der Waals surface area contributed by atoms with Crippen LogP contribution in [0.1, 0.15) is 45.4 Å². The molecule has 102 valence electrons. The summed E-state index contributed by atoms with van der Waals surface area (Å²) in [6, 6.07) is 0.687. The largest absolute Gasteiger partial charge is 0.341 e. The minimum atomic E-state index is 0.394. The van der Waals surface area contributed by atoms with Crippen LogP contribution in [0.2, 0.25) is 0 Å². The van der Waals surface area contributed by atoms with Crippen LogP contribution in [0.5, 0.6) is 0 Å². The Morgan fingerprint density at radius 3 is 2.56 bits per heavy atom. The molecule has 3 nitrogen and oxygen atoms in total. The van der Waals surface area contributed by atoms with Crippen LogP contribution in [0.3, 0.4) is 0 Å². The van der Waals surface area contributed by atoms with E-state index in [4.69, 9.17) is 0 Å². The van der Waals surface area contributed by atoms with Crippen molar-refractivity contribution in [1.82, 2.24) is 9.80 Å². The molecule has 0 N–H and O–H groups in total. The molecular weight excluding hydrogens is 224 g/mol. The number of nitrogens with zero attached hydrogens (tertiary/aromatic N) is 2. The highest BCUT2D eigenvalue weighted by atomic mass is 16.2. The zero-order valence-corrected chi connectivity index (χ0v) is 11.6. The zero-order chi connectivity index (χ0) is 12.5. The van der Waals surface area contributed by atoms with Crippen LogP contribution in [0.4, 0.5) is 0 Å². The molecule has 0 radical (unpaired) electrons. The molecule has 0 spiro atoms. The van der Waals surface area contributed by atoms with Gasteiger partial charge in [-0.3, -0.25) is 9.69 Å². The Hall–Kier alpha value is -0.570. The summed E-state index contributed by atoms with van der Waals surface area (Å²) in [4.78, 5) is 16.8. The van der Waals surface area contributed by atoms with Crippen LogP contribution < -0.4 is 0 Å². The van der Waals surface area contributed by atoms with E-state index in [-0.39, 0.29) is 0 Å². The fourth-order valence-electron chi connectivity index (χ4n) is 3.32. The fourth-order valence-corrected chi connectivity index (χ4v) is 3.32. The maximum absolute atomic E-state index is 12.1. The Balaban J connectivity index is 1.54. The molecule has 1 heterocycles. The number of carbonyl (C=O) groups excluding carboxylic acids is 1. The molecule has 0 aromatic rings. The van der Waals surface area contributed by atoms with Gasteiger partial charge in [0, 0.05) is 38.6 Å². The topological polar surface area (TPSA) is 23.6 Å². The van der Waals surface area contributed by atoms with Gasteiger partial charge in [0.15, 0.2) is 0 Å². The smallest absolute Gasteiger partial charge is 0.223 e. The van der Waals surface area contributed by atoms with Gasteiger partial charge in [-0.05, 0) is 44.4 Å². The third-order valence-electron chi connectivity index (χ3n) is 5.21. The summed E-state index contributed by atoms with van der Waals surface area (Å²) in [5.41, 5.74) is 0. The summed E-state index contributed by atoms with van der Waals surface area (Å²) in [6.45, 7) is 6.44. The van der Waals surface area contributed by atoms with E-state index in [1.54, 1.807) is 0 Å². The predicted octanol–water partition coefficient (Wildman–Crippen LogP) is 2.12. The molecule has 3 aliphatic rings. The van der Waals surface area contributed by atoms with E-state index in [2.05, 4.69) is 16.7 Å². The molecule has 18 heavy (non-hydrogen) atoms. The van der Waals surface area contributed by atoms with E-state index < -0.39 is 0 Å². The van der Waals surface area contributed by atoms with Gasteiger partial charge in [0.1, 0.15) is 0 Å². The normalized spacial score (nSPS) is 28.9. The maximum Gasteiger partial charge on any atom is 0.223 e.